The average Bonchev–Trinajstić information content (AvgIpc) is 2.93. The molecule has 5 rings (SSSR count). The van der Waals surface area contributed by atoms with E-state index in [0.717, 1.165) is 31.6 Å². The average molecular weight is 575 g/mol. The summed E-state index contributed by atoms with van der Waals surface area (Å²) >= 11 is 0. The molecular formula is C29H31F5N6O. The highest BCUT2D eigenvalue weighted by Crippen LogP contribution is 2.36. The zero-order chi connectivity index (χ0) is 29.3. The molecule has 2 aromatic carbocycles. The van der Waals surface area contributed by atoms with Gasteiger partial charge in [0.05, 0.1) is 5.56 Å². The van der Waals surface area contributed by atoms with E-state index in [1.165, 1.54) is 12.1 Å². The number of benzene rings is 2. The fraction of sp³-hybridized carbons (Fsp3) is 0.448. The van der Waals surface area contributed by atoms with Crippen molar-refractivity contribution in [3.05, 3.63) is 69.6 Å². The lowest BCUT2D eigenvalue weighted by Crippen LogP contribution is -2.44. The number of hydrogen-bond acceptors (Lipinski definition) is 7. The second kappa shape index (κ2) is 11.7. The number of hydrogen-bond donors (Lipinski definition) is 2. The maximum absolute atomic E-state index is 15.3. The highest BCUT2D eigenvalue weighted by molar-refractivity contribution is 6.11. The molecule has 1 atom stereocenters. The third kappa shape index (κ3) is 6.31. The molecule has 2 heterocycles. The molecule has 0 saturated carbocycles. The first-order valence-electron chi connectivity index (χ1n) is 13.5. The number of anilines is 1. The van der Waals surface area contributed by atoms with Gasteiger partial charge < -0.3 is 20.3 Å². The summed E-state index contributed by atoms with van der Waals surface area (Å²) in [5, 5.41) is 15.4. The largest absolute Gasteiger partial charge is 0.437 e. The lowest BCUT2D eigenvalue weighted by molar-refractivity contribution is -0.138. The smallest absolute Gasteiger partial charge is 0.416 e. The molecule has 1 aliphatic carbocycles. The van der Waals surface area contributed by atoms with Crippen molar-refractivity contribution < 1.29 is 26.7 Å². The Bertz CT molecular complexity index is 1420. The van der Waals surface area contributed by atoms with Gasteiger partial charge in [-0.15, -0.1) is 0 Å². The Morgan fingerprint density at radius 2 is 1.90 bits per heavy atom. The summed E-state index contributed by atoms with van der Waals surface area (Å²) in [6.07, 6.45) is -3.04. The summed E-state index contributed by atoms with van der Waals surface area (Å²) < 4.78 is 77.9. The minimum absolute atomic E-state index is 0.0475. The number of aliphatic imine (C=N–C) groups is 1. The van der Waals surface area contributed by atoms with Gasteiger partial charge in [-0.2, -0.15) is 18.4 Å². The molecule has 1 fully saturated rings. The van der Waals surface area contributed by atoms with Gasteiger partial charge in [0.25, 0.3) is 0 Å². The van der Waals surface area contributed by atoms with Crippen LogP contribution in [0.4, 0.5) is 27.6 Å². The SMILES string of the molecule is C[C@H]1CCc2c(F)cc(OC3=C(C#N)C(Nc4ccc(CN5CCN(C)CC5)c(C(F)(F)F)c4)=NCN3)c(F)c2C1. The van der Waals surface area contributed by atoms with Crippen molar-refractivity contribution in [2.45, 2.75) is 38.9 Å². The molecule has 0 aromatic heterocycles. The predicted molar refractivity (Wildman–Crippen MR) is 144 cm³/mol. The van der Waals surface area contributed by atoms with Crippen LogP contribution in [-0.2, 0) is 25.6 Å². The van der Waals surface area contributed by atoms with Crippen LogP contribution < -0.4 is 15.4 Å². The Balaban J connectivity index is 1.39. The molecule has 2 N–H and O–H groups in total. The van der Waals surface area contributed by atoms with Crippen molar-refractivity contribution >= 4 is 11.5 Å². The molecule has 41 heavy (non-hydrogen) atoms. The van der Waals surface area contributed by atoms with E-state index in [2.05, 4.69) is 20.5 Å². The van der Waals surface area contributed by atoms with Gasteiger partial charge in [0, 0.05) is 44.5 Å². The van der Waals surface area contributed by atoms with Crippen molar-refractivity contribution in [1.29, 1.82) is 5.26 Å². The van der Waals surface area contributed by atoms with Gasteiger partial charge in [-0.05, 0) is 61.1 Å². The van der Waals surface area contributed by atoms with Crippen LogP contribution in [0.1, 0.15) is 35.6 Å². The number of alkyl halides is 3. The molecule has 2 aliphatic heterocycles. The number of piperazine rings is 1. The van der Waals surface area contributed by atoms with Crippen molar-refractivity contribution in [3.8, 4) is 11.8 Å². The lowest BCUT2D eigenvalue weighted by Gasteiger charge is -2.33. The Morgan fingerprint density at radius 1 is 1.15 bits per heavy atom. The highest BCUT2D eigenvalue weighted by Gasteiger charge is 2.35. The number of ether oxygens (including phenoxy) is 1. The second-order valence-electron chi connectivity index (χ2n) is 10.8. The summed E-state index contributed by atoms with van der Waals surface area (Å²) in [4.78, 5) is 8.29. The van der Waals surface area contributed by atoms with E-state index in [-0.39, 0.29) is 59.0 Å². The third-order valence-electron chi connectivity index (χ3n) is 7.76. The molecule has 1 saturated heterocycles. The molecule has 2 aromatic rings. The van der Waals surface area contributed by atoms with Gasteiger partial charge in [0.15, 0.2) is 23.0 Å². The summed E-state index contributed by atoms with van der Waals surface area (Å²) in [7, 11) is 1.98. The molecule has 0 bridgehead atoms. The van der Waals surface area contributed by atoms with Crippen LogP contribution in [0.5, 0.6) is 5.75 Å². The number of amidine groups is 1. The summed E-state index contributed by atoms with van der Waals surface area (Å²) in [5.74, 6) is -1.68. The summed E-state index contributed by atoms with van der Waals surface area (Å²) in [6.45, 7) is 4.94. The molecule has 0 radical (unpaired) electrons. The Labute approximate surface area is 235 Å². The first kappa shape index (κ1) is 28.8. The van der Waals surface area contributed by atoms with Crippen LogP contribution in [-0.4, -0.2) is 55.5 Å². The fourth-order valence-electron chi connectivity index (χ4n) is 5.40. The number of nitriles is 1. The molecule has 0 amide bonds. The van der Waals surface area contributed by atoms with Crippen molar-refractivity contribution in [1.82, 2.24) is 15.1 Å². The van der Waals surface area contributed by atoms with Crippen molar-refractivity contribution in [2.24, 2.45) is 10.9 Å². The molecule has 12 heteroatoms. The predicted octanol–water partition coefficient (Wildman–Crippen LogP) is 5.04. The first-order chi connectivity index (χ1) is 19.5. The Morgan fingerprint density at radius 3 is 2.61 bits per heavy atom. The number of nitrogens with zero attached hydrogens (tertiary/aromatic N) is 4. The van der Waals surface area contributed by atoms with Gasteiger partial charge >= 0.3 is 6.18 Å². The molecule has 218 valence electrons. The molecule has 0 unspecified atom stereocenters. The van der Waals surface area contributed by atoms with Crippen LogP contribution in [0.2, 0.25) is 0 Å². The highest BCUT2D eigenvalue weighted by atomic mass is 19.4. The van der Waals surface area contributed by atoms with Crippen molar-refractivity contribution in [2.75, 3.05) is 45.2 Å². The van der Waals surface area contributed by atoms with E-state index in [4.69, 9.17) is 4.74 Å². The van der Waals surface area contributed by atoms with E-state index in [9.17, 15) is 22.8 Å². The number of rotatable bonds is 5. The van der Waals surface area contributed by atoms with Gasteiger partial charge in [-0.3, -0.25) is 4.90 Å². The van der Waals surface area contributed by atoms with E-state index in [0.29, 0.717) is 31.5 Å². The summed E-state index contributed by atoms with van der Waals surface area (Å²) in [6, 6.07) is 6.78. The van der Waals surface area contributed by atoms with Crippen LogP contribution in [0, 0.1) is 28.9 Å². The quantitative estimate of drug-likeness (QED) is 0.488. The maximum Gasteiger partial charge on any atom is 0.416 e. The third-order valence-corrected chi connectivity index (χ3v) is 7.76. The number of halogens is 5. The van der Waals surface area contributed by atoms with E-state index < -0.39 is 23.4 Å². The van der Waals surface area contributed by atoms with Gasteiger partial charge in [-0.1, -0.05) is 13.0 Å². The van der Waals surface area contributed by atoms with Gasteiger partial charge in [0.1, 0.15) is 18.6 Å². The first-order valence-corrected chi connectivity index (χ1v) is 13.5. The monoisotopic (exact) mass is 574 g/mol. The zero-order valence-electron chi connectivity index (χ0n) is 22.8. The Kier molecular flexibility index (Phi) is 8.20. The second-order valence-corrected chi connectivity index (χ2v) is 10.8. The van der Waals surface area contributed by atoms with Gasteiger partial charge in [0.2, 0.25) is 5.88 Å². The normalized spacial score (nSPS) is 20.1. The molecule has 0 spiro atoms. The topological polar surface area (TPSA) is 75.9 Å². The number of likely N-dealkylation sites (N-methyl/N-ethyl adjacent to an activating group) is 1. The van der Waals surface area contributed by atoms with Crippen LogP contribution in [0.25, 0.3) is 0 Å². The van der Waals surface area contributed by atoms with Gasteiger partial charge in [-0.25, -0.2) is 13.8 Å². The van der Waals surface area contributed by atoms with Crippen molar-refractivity contribution in [3.63, 3.8) is 0 Å². The fourth-order valence-corrected chi connectivity index (χ4v) is 5.40. The standard InChI is InChI=1S/C29H31F5N6O/c1-17-3-6-20-21(11-17)26(31)25(13-24(20)30)41-28-22(14-35)27(36-16-37-28)38-19-5-4-18(23(12-19)29(32,33)34)15-40-9-7-39(2)8-10-40/h4-5,12-13,17,37H,3,6-11,15-16H2,1-2H3,(H,36,38)/t17-/m0/s1. The van der Waals surface area contributed by atoms with E-state index in [1.807, 2.05) is 24.9 Å². The Hall–Kier alpha value is -3.69. The molecular weight excluding hydrogens is 543 g/mol. The minimum atomic E-state index is -4.59. The van der Waals surface area contributed by atoms with Crippen LogP contribution >= 0.6 is 0 Å². The van der Waals surface area contributed by atoms with Crippen LogP contribution in [0.3, 0.4) is 0 Å². The zero-order valence-corrected chi connectivity index (χ0v) is 22.8. The number of fused-ring (bicyclic) bond motifs is 1. The van der Waals surface area contributed by atoms with E-state index in [1.54, 1.807) is 0 Å². The molecule has 3 aliphatic rings. The molecule has 7 nitrogen and oxygen atoms in total. The maximum atomic E-state index is 15.3. The lowest BCUT2D eigenvalue weighted by atomic mass is 9.84. The summed E-state index contributed by atoms with van der Waals surface area (Å²) in [5.41, 5.74) is -0.143. The number of nitrogens with one attached hydrogen (secondary N) is 2. The van der Waals surface area contributed by atoms with Crippen LogP contribution in [0.15, 0.2) is 40.7 Å². The van der Waals surface area contributed by atoms with E-state index >= 15 is 4.39 Å². The minimum Gasteiger partial charge on any atom is -0.437 e.